The predicted molar refractivity (Wildman–Crippen MR) is 56.8 cm³/mol. The molecule has 78 valence electrons. The van der Waals surface area contributed by atoms with Gasteiger partial charge in [-0.3, -0.25) is 0 Å². The number of halogens is 1. The van der Waals surface area contributed by atoms with Gasteiger partial charge in [0.25, 0.3) is 5.89 Å². The molecule has 0 aliphatic heterocycles. The molecule has 15 heavy (non-hydrogen) atoms. The van der Waals surface area contributed by atoms with E-state index < -0.39 is 5.76 Å². The van der Waals surface area contributed by atoms with Crippen LogP contribution < -0.4 is 10.5 Å². The summed E-state index contributed by atoms with van der Waals surface area (Å²) in [7, 11) is 1.54. The van der Waals surface area contributed by atoms with Crippen molar-refractivity contribution in [2.45, 2.75) is 0 Å². The van der Waals surface area contributed by atoms with Crippen LogP contribution in [-0.2, 0) is 0 Å². The van der Waals surface area contributed by atoms with E-state index in [1.54, 1.807) is 12.1 Å². The smallest absolute Gasteiger partial charge is 0.434 e. The second-order valence-corrected chi connectivity index (χ2v) is 3.68. The zero-order chi connectivity index (χ0) is 10.8. The molecule has 0 unspecified atom stereocenters. The first kappa shape index (κ1) is 9.97. The first-order valence-electron chi connectivity index (χ1n) is 4.10. The third kappa shape index (κ3) is 1.94. The molecule has 2 rings (SSSR count). The van der Waals surface area contributed by atoms with E-state index in [2.05, 4.69) is 26.1 Å². The first-order chi connectivity index (χ1) is 7.20. The summed E-state index contributed by atoms with van der Waals surface area (Å²) in [5, 5.41) is 5.92. The van der Waals surface area contributed by atoms with Crippen molar-refractivity contribution in [3.8, 4) is 17.2 Å². The molecule has 0 spiro atoms. The van der Waals surface area contributed by atoms with E-state index >= 15 is 0 Å². The predicted octanol–water partition coefficient (Wildman–Crippen LogP) is 1.80. The lowest BCUT2D eigenvalue weighted by molar-refractivity contribution is 0.413. The van der Waals surface area contributed by atoms with Gasteiger partial charge in [0.2, 0.25) is 0 Å². The van der Waals surface area contributed by atoms with E-state index in [1.807, 2.05) is 6.07 Å². The molecular weight excluding hydrogens is 264 g/mol. The number of nitrogens with one attached hydrogen (secondary N) is 1. The van der Waals surface area contributed by atoms with Gasteiger partial charge in [-0.25, -0.2) is 9.89 Å². The van der Waals surface area contributed by atoms with Crippen LogP contribution in [0.2, 0.25) is 0 Å². The fraction of sp³-hybridized carbons (Fsp3) is 0.111. The van der Waals surface area contributed by atoms with Crippen LogP contribution in [0.4, 0.5) is 0 Å². The molecule has 0 aliphatic rings. The third-order valence-electron chi connectivity index (χ3n) is 1.83. The number of hydrogen-bond acceptors (Lipinski definition) is 4. The van der Waals surface area contributed by atoms with E-state index in [4.69, 9.17) is 9.15 Å². The summed E-state index contributed by atoms with van der Waals surface area (Å²) in [6, 6.07) is 5.33. The van der Waals surface area contributed by atoms with Crippen molar-refractivity contribution >= 4 is 15.9 Å². The molecule has 0 amide bonds. The number of aromatic nitrogens is 2. The van der Waals surface area contributed by atoms with Crippen LogP contribution in [0.25, 0.3) is 11.5 Å². The van der Waals surface area contributed by atoms with Crippen LogP contribution in [0.1, 0.15) is 0 Å². The van der Waals surface area contributed by atoms with E-state index in [9.17, 15) is 4.79 Å². The Morgan fingerprint density at radius 2 is 2.33 bits per heavy atom. The molecule has 0 saturated carbocycles. The van der Waals surface area contributed by atoms with Gasteiger partial charge in [-0.15, -0.1) is 5.10 Å². The Morgan fingerprint density at radius 1 is 1.53 bits per heavy atom. The molecule has 0 atom stereocenters. The van der Waals surface area contributed by atoms with E-state index in [0.29, 0.717) is 11.3 Å². The maximum Gasteiger partial charge on any atom is 0.434 e. The van der Waals surface area contributed by atoms with Crippen molar-refractivity contribution in [3.05, 3.63) is 33.2 Å². The topological polar surface area (TPSA) is 68.1 Å². The fourth-order valence-corrected chi connectivity index (χ4v) is 1.53. The molecule has 1 aromatic heterocycles. The van der Waals surface area contributed by atoms with Crippen LogP contribution in [0.5, 0.6) is 5.75 Å². The summed E-state index contributed by atoms with van der Waals surface area (Å²) in [6.07, 6.45) is 0. The van der Waals surface area contributed by atoms with Gasteiger partial charge in [0.1, 0.15) is 5.75 Å². The summed E-state index contributed by atoms with van der Waals surface area (Å²) in [6.45, 7) is 0. The molecule has 0 radical (unpaired) electrons. The van der Waals surface area contributed by atoms with Gasteiger partial charge in [-0.1, -0.05) is 15.9 Å². The summed E-state index contributed by atoms with van der Waals surface area (Å²) in [4.78, 5) is 10.8. The quantitative estimate of drug-likeness (QED) is 0.904. The lowest BCUT2D eigenvalue weighted by Gasteiger charge is -2.04. The number of rotatable bonds is 2. The van der Waals surface area contributed by atoms with Gasteiger partial charge in [-0.05, 0) is 18.2 Å². The summed E-state index contributed by atoms with van der Waals surface area (Å²) < 4.78 is 10.9. The monoisotopic (exact) mass is 270 g/mol. The number of nitrogens with zero attached hydrogens (tertiary/aromatic N) is 1. The van der Waals surface area contributed by atoms with Crippen LogP contribution in [-0.4, -0.2) is 17.3 Å². The van der Waals surface area contributed by atoms with Crippen LogP contribution in [0.3, 0.4) is 0 Å². The second-order valence-electron chi connectivity index (χ2n) is 2.76. The highest BCUT2D eigenvalue weighted by atomic mass is 79.9. The number of methoxy groups -OCH3 is 1. The Hall–Kier alpha value is -1.56. The number of ether oxygens (including phenoxy) is 1. The van der Waals surface area contributed by atoms with Gasteiger partial charge in [-0.2, -0.15) is 0 Å². The molecule has 5 nitrogen and oxygen atoms in total. The first-order valence-corrected chi connectivity index (χ1v) is 4.89. The molecule has 1 heterocycles. The second kappa shape index (κ2) is 3.90. The normalized spacial score (nSPS) is 10.3. The minimum atomic E-state index is -0.588. The molecule has 0 bridgehead atoms. The van der Waals surface area contributed by atoms with Gasteiger partial charge in [0.15, 0.2) is 0 Å². The Bertz CT molecular complexity index is 532. The molecule has 0 saturated heterocycles. The summed E-state index contributed by atoms with van der Waals surface area (Å²) in [5.74, 6) is 0.207. The van der Waals surface area contributed by atoms with Gasteiger partial charge in [0, 0.05) is 4.47 Å². The van der Waals surface area contributed by atoms with Crippen molar-refractivity contribution in [3.63, 3.8) is 0 Å². The highest BCUT2D eigenvalue weighted by molar-refractivity contribution is 9.10. The molecule has 1 N–H and O–H groups in total. The minimum Gasteiger partial charge on any atom is -0.496 e. The average Bonchev–Trinajstić information content (AvgIpc) is 2.64. The number of aromatic amines is 1. The third-order valence-corrected chi connectivity index (χ3v) is 2.33. The Morgan fingerprint density at radius 3 is 2.93 bits per heavy atom. The maximum absolute atomic E-state index is 10.8. The van der Waals surface area contributed by atoms with Crippen molar-refractivity contribution in [1.82, 2.24) is 10.2 Å². The molecule has 2 aromatic rings. The molecule has 0 aliphatic carbocycles. The Kier molecular flexibility index (Phi) is 2.59. The van der Waals surface area contributed by atoms with E-state index in [1.165, 1.54) is 7.11 Å². The standard InChI is InChI=1S/C9H7BrN2O3/c1-14-7-4-5(10)2-3-6(7)8-11-12-9(13)15-8/h2-4H,1H3,(H,12,13). The van der Waals surface area contributed by atoms with Crippen molar-refractivity contribution in [2.24, 2.45) is 0 Å². The lowest BCUT2D eigenvalue weighted by atomic mass is 10.2. The molecule has 6 heteroatoms. The minimum absolute atomic E-state index is 0.212. The zero-order valence-corrected chi connectivity index (χ0v) is 9.37. The highest BCUT2D eigenvalue weighted by Gasteiger charge is 2.11. The van der Waals surface area contributed by atoms with E-state index in [0.717, 1.165) is 4.47 Å². The summed E-state index contributed by atoms with van der Waals surface area (Å²) in [5.41, 5.74) is 0.624. The Balaban J connectivity index is 2.57. The fourth-order valence-electron chi connectivity index (χ4n) is 1.19. The van der Waals surface area contributed by atoms with Crippen molar-refractivity contribution in [1.29, 1.82) is 0 Å². The highest BCUT2D eigenvalue weighted by Crippen LogP contribution is 2.30. The lowest BCUT2D eigenvalue weighted by Crippen LogP contribution is -1.93. The van der Waals surface area contributed by atoms with Gasteiger partial charge < -0.3 is 9.15 Å². The van der Waals surface area contributed by atoms with Crippen LogP contribution in [0, 0.1) is 0 Å². The SMILES string of the molecule is COc1cc(Br)ccc1-c1n[nH]c(=O)o1. The molecular formula is C9H7BrN2O3. The van der Waals surface area contributed by atoms with Crippen molar-refractivity contribution < 1.29 is 9.15 Å². The number of hydrogen-bond donors (Lipinski definition) is 1. The van der Waals surface area contributed by atoms with Crippen LogP contribution >= 0.6 is 15.9 Å². The molecule has 0 fully saturated rings. The van der Waals surface area contributed by atoms with Crippen LogP contribution in [0.15, 0.2) is 31.9 Å². The maximum atomic E-state index is 10.8. The Labute approximate surface area is 93.2 Å². The number of benzene rings is 1. The molecule has 1 aromatic carbocycles. The van der Waals surface area contributed by atoms with Gasteiger partial charge in [0.05, 0.1) is 12.7 Å². The van der Waals surface area contributed by atoms with E-state index in [-0.39, 0.29) is 5.89 Å². The van der Waals surface area contributed by atoms with Gasteiger partial charge >= 0.3 is 5.76 Å². The van der Waals surface area contributed by atoms with Crippen molar-refractivity contribution in [2.75, 3.05) is 7.11 Å². The largest absolute Gasteiger partial charge is 0.496 e. The average molecular weight is 271 g/mol. The zero-order valence-electron chi connectivity index (χ0n) is 7.78. The number of H-pyrrole nitrogens is 1. The summed E-state index contributed by atoms with van der Waals surface area (Å²) >= 11 is 3.31.